The number of aromatic nitrogens is 2. The number of methoxy groups -OCH3 is 1. The molecule has 0 bridgehead atoms. The van der Waals surface area contributed by atoms with Crippen LogP contribution < -0.4 is 15.4 Å². The lowest BCUT2D eigenvalue weighted by molar-refractivity contribution is -0.134. The van der Waals surface area contributed by atoms with Crippen molar-refractivity contribution in [2.75, 3.05) is 45.2 Å². The van der Waals surface area contributed by atoms with Crippen molar-refractivity contribution in [1.29, 1.82) is 0 Å². The molecule has 9 nitrogen and oxygen atoms in total. The summed E-state index contributed by atoms with van der Waals surface area (Å²) in [5, 5.41) is 15.2. The Morgan fingerprint density at radius 2 is 2.03 bits per heavy atom. The summed E-state index contributed by atoms with van der Waals surface area (Å²) in [5.74, 6) is 1.000. The lowest BCUT2D eigenvalue weighted by atomic mass is 9.73. The zero-order valence-corrected chi connectivity index (χ0v) is 21.2. The van der Waals surface area contributed by atoms with Crippen LogP contribution in [0.2, 0.25) is 0 Å². The lowest BCUT2D eigenvalue weighted by Crippen LogP contribution is -2.50. The van der Waals surface area contributed by atoms with E-state index in [1.807, 2.05) is 12.1 Å². The largest absolute Gasteiger partial charge is 0.493 e. The SMILES string of the molecule is COCc1nnc(NC(=O)CN2CCC3(CCCCc4ccccc4OCCCNC3=O)CC2)s1. The summed E-state index contributed by atoms with van der Waals surface area (Å²) in [4.78, 5) is 27.9. The molecule has 190 valence electrons. The number of nitrogens with one attached hydrogen (secondary N) is 2. The van der Waals surface area contributed by atoms with Crippen LogP contribution in [0.3, 0.4) is 0 Å². The van der Waals surface area contributed by atoms with E-state index < -0.39 is 0 Å². The van der Waals surface area contributed by atoms with E-state index in [9.17, 15) is 9.59 Å². The molecule has 4 rings (SSSR count). The van der Waals surface area contributed by atoms with Crippen LogP contribution in [0, 0.1) is 5.41 Å². The Bertz CT molecular complexity index is 990. The number of likely N-dealkylation sites (tertiary alicyclic amines) is 1. The summed E-state index contributed by atoms with van der Waals surface area (Å²) < 4.78 is 11.0. The van der Waals surface area contributed by atoms with Gasteiger partial charge in [-0.25, -0.2) is 0 Å². The maximum absolute atomic E-state index is 13.3. The van der Waals surface area contributed by atoms with Gasteiger partial charge in [-0.2, -0.15) is 0 Å². The van der Waals surface area contributed by atoms with Gasteiger partial charge in [-0.05, 0) is 63.2 Å². The molecular formula is C25H35N5O4S. The highest BCUT2D eigenvalue weighted by Crippen LogP contribution is 2.37. The highest BCUT2D eigenvalue weighted by atomic mass is 32.1. The third-order valence-corrected chi connectivity index (χ3v) is 7.64. The first-order chi connectivity index (χ1) is 17.1. The summed E-state index contributed by atoms with van der Waals surface area (Å²) in [5.41, 5.74) is 0.876. The summed E-state index contributed by atoms with van der Waals surface area (Å²) in [6.07, 6.45) is 6.14. The Hall–Kier alpha value is -2.56. The number of amides is 2. The van der Waals surface area contributed by atoms with E-state index in [0.29, 0.717) is 24.9 Å². The van der Waals surface area contributed by atoms with Gasteiger partial charge in [0.1, 0.15) is 17.4 Å². The Balaban J connectivity index is 1.31. The first-order valence-electron chi connectivity index (χ1n) is 12.4. The second kappa shape index (κ2) is 12.4. The monoisotopic (exact) mass is 501 g/mol. The number of benzene rings is 1. The summed E-state index contributed by atoms with van der Waals surface area (Å²) in [6.45, 7) is 3.31. The minimum absolute atomic E-state index is 0.112. The molecule has 1 aromatic carbocycles. The number of ether oxygens (including phenoxy) is 2. The van der Waals surface area contributed by atoms with Crippen molar-refractivity contribution >= 4 is 28.3 Å². The number of carbonyl (C=O) groups is 2. The van der Waals surface area contributed by atoms with Gasteiger partial charge < -0.3 is 14.8 Å². The van der Waals surface area contributed by atoms with Crippen molar-refractivity contribution in [3.63, 3.8) is 0 Å². The van der Waals surface area contributed by atoms with Gasteiger partial charge >= 0.3 is 0 Å². The van der Waals surface area contributed by atoms with Crippen LogP contribution in [0.15, 0.2) is 24.3 Å². The normalized spacial score (nSPS) is 19.4. The third kappa shape index (κ3) is 6.99. The number of aryl methyl sites for hydroxylation is 1. The van der Waals surface area contributed by atoms with Crippen molar-refractivity contribution in [2.24, 2.45) is 5.41 Å². The number of piperidine rings is 1. The first-order valence-corrected chi connectivity index (χ1v) is 13.2. The molecule has 0 unspecified atom stereocenters. The van der Waals surface area contributed by atoms with Crippen LogP contribution in [0.1, 0.15) is 49.1 Å². The summed E-state index contributed by atoms with van der Waals surface area (Å²) in [7, 11) is 1.60. The first kappa shape index (κ1) is 25.5. The zero-order valence-electron chi connectivity index (χ0n) is 20.4. The lowest BCUT2D eigenvalue weighted by Gasteiger charge is -2.40. The van der Waals surface area contributed by atoms with Crippen LogP contribution >= 0.6 is 11.3 Å². The number of para-hydroxylation sites is 1. The fourth-order valence-electron chi connectivity index (χ4n) is 4.85. The average Bonchev–Trinajstić information content (AvgIpc) is 3.30. The fraction of sp³-hybridized carbons (Fsp3) is 0.600. The Labute approximate surface area is 210 Å². The quantitative estimate of drug-likeness (QED) is 0.649. The second-order valence-electron chi connectivity index (χ2n) is 9.31. The van der Waals surface area contributed by atoms with E-state index in [4.69, 9.17) is 9.47 Å². The van der Waals surface area contributed by atoms with E-state index in [2.05, 4.69) is 37.9 Å². The van der Waals surface area contributed by atoms with Crippen LogP contribution in [0.5, 0.6) is 5.75 Å². The highest BCUT2D eigenvalue weighted by Gasteiger charge is 2.40. The highest BCUT2D eigenvalue weighted by molar-refractivity contribution is 7.15. The number of hydrogen-bond donors (Lipinski definition) is 2. The van der Waals surface area contributed by atoms with Gasteiger partial charge in [-0.3, -0.25) is 19.8 Å². The molecule has 1 saturated heterocycles. The van der Waals surface area contributed by atoms with Gasteiger partial charge in [-0.1, -0.05) is 36.0 Å². The van der Waals surface area contributed by atoms with Crippen LogP contribution in [-0.4, -0.2) is 66.8 Å². The number of carbonyl (C=O) groups excluding carboxylic acids is 2. The van der Waals surface area contributed by atoms with Crippen molar-refractivity contribution in [3.05, 3.63) is 34.8 Å². The number of rotatable bonds is 5. The zero-order chi connectivity index (χ0) is 24.5. The average molecular weight is 502 g/mol. The molecule has 0 atom stereocenters. The van der Waals surface area contributed by atoms with E-state index in [1.165, 1.54) is 16.9 Å². The number of anilines is 1. The molecular weight excluding hydrogens is 466 g/mol. The van der Waals surface area contributed by atoms with Crippen molar-refractivity contribution in [1.82, 2.24) is 20.4 Å². The fourth-order valence-corrected chi connectivity index (χ4v) is 5.58. The van der Waals surface area contributed by atoms with Gasteiger partial charge in [0.25, 0.3) is 0 Å². The molecule has 2 amide bonds. The molecule has 10 heteroatoms. The van der Waals surface area contributed by atoms with Crippen LogP contribution in [0.4, 0.5) is 5.13 Å². The molecule has 2 aromatic rings. The van der Waals surface area contributed by atoms with Crippen LogP contribution in [-0.2, 0) is 27.4 Å². The molecule has 0 radical (unpaired) electrons. The van der Waals surface area contributed by atoms with Crippen molar-refractivity contribution in [3.8, 4) is 5.75 Å². The van der Waals surface area contributed by atoms with Gasteiger partial charge in [0.2, 0.25) is 16.9 Å². The van der Waals surface area contributed by atoms with E-state index in [0.717, 1.165) is 68.8 Å². The van der Waals surface area contributed by atoms with Crippen molar-refractivity contribution in [2.45, 2.75) is 51.6 Å². The third-order valence-electron chi connectivity index (χ3n) is 6.83. The van der Waals surface area contributed by atoms with E-state index in [-0.39, 0.29) is 23.8 Å². The standard InChI is InChI=1S/C25H35N5O4S/c1-33-18-22-28-29-24(35-22)27-21(31)17-30-14-11-25(12-15-30)10-5-4-8-19-7-2-3-9-20(19)34-16-6-13-26-23(25)32/h2-3,7,9H,4-6,8,10-18H2,1H3,(H,26,32)(H,27,29,31). The molecule has 1 spiro atoms. The summed E-state index contributed by atoms with van der Waals surface area (Å²) in [6, 6.07) is 8.23. The summed E-state index contributed by atoms with van der Waals surface area (Å²) >= 11 is 1.31. The van der Waals surface area contributed by atoms with Gasteiger partial charge in [-0.15, -0.1) is 10.2 Å². The maximum atomic E-state index is 13.3. The predicted molar refractivity (Wildman–Crippen MR) is 134 cm³/mol. The minimum atomic E-state index is -0.365. The number of nitrogens with zero attached hydrogens (tertiary/aromatic N) is 3. The molecule has 1 fully saturated rings. The molecule has 1 aromatic heterocycles. The van der Waals surface area contributed by atoms with Gasteiger partial charge in [0.05, 0.1) is 18.6 Å². The smallest absolute Gasteiger partial charge is 0.240 e. The molecule has 2 aliphatic heterocycles. The number of hydrogen-bond acceptors (Lipinski definition) is 8. The topological polar surface area (TPSA) is 106 Å². The van der Waals surface area contributed by atoms with E-state index in [1.54, 1.807) is 7.11 Å². The van der Waals surface area contributed by atoms with Gasteiger partial charge in [0.15, 0.2) is 0 Å². The van der Waals surface area contributed by atoms with Gasteiger partial charge in [0, 0.05) is 13.7 Å². The molecule has 3 heterocycles. The van der Waals surface area contributed by atoms with Crippen molar-refractivity contribution < 1.29 is 19.1 Å². The molecule has 2 aliphatic rings. The predicted octanol–water partition coefficient (Wildman–Crippen LogP) is 3.02. The maximum Gasteiger partial charge on any atom is 0.240 e. The minimum Gasteiger partial charge on any atom is -0.493 e. The molecule has 2 N–H and O–H groups in total. The Morgan fingerprint density at radius 3 is 2.86 bits per heavy atom. The molecule has 0 aliphatic carbocycles. The second-order valence-corrected chi connectivity index (χ2v) is 10.4. The van der Waals surface area contributed by atoms with E-state index >= 15 is 0 Å². The molecule has 0 saturated carbocycles. The Kier molecular flexibility index (Phi) is 9.06. The Morgan fingerprint density at radius 1 is 1.20 bits per heavy atom. The number of fused-ring (bicyclic) bond motifs is 1. The van der Waals surface area contributed by atoms with Crippen LogP contribution in [0.25, 0.3) is 0 Å². The molecule has 35 heavy (non-hydrogen) atoms.